The number of aryl methyl sites for hydroxylation is 3. The second-order valence-corrected chi connectivity index (χ2v) is 10.0. The minimum Gasteiger partial charge on any atom is -0.493 e. The Kier molecular flexibility index (Phi) is 8.53. The van der Waals surface area contributed by atoms with E-state index in [4.69, 9.17) is 23.9 Å². The minimum atomic E-state index is -0.528. The number of imidazole rings is 1. The van der Waals surface area contributed by atoms with Gasteiger partial charge in [0, 0.05) is 25.5 Å². The van der Waals surface area contributed by atoms with Crippen molar-refractivity contribution in [3.05, 3.63) is 59.4 Å². The predicted molar refractivity (Wildman–Crippen MR) is 149 cm³/mol. The van der Waals surface area contributed by atoms with Crippen LogP contribution in [0, 0.1) is 11.3 Å². The number of fused-ring (bicyclic) bond motifs is 1. The number of esters is 1. The van der Waals surface area contributed by atoms with Crippen molar-refractivity contribution < 1.29 is 23.7 Å². The van der Waals surface area contributed by atoms with Crippen molar-refractivity contribution >= 4 is 17.1 Å². The van der Waals surface area contributed by atoms with Gasteiger partial charge in [-0.1, -0.05) is 19.1 Å². The van der Waals surface area contributed by atoms with Crippen molar-refractivity contribution in [2.24, 2.45) is 0 Å². The molecule has 0 aliphatic rings. The number of nitriles is 1. The van der Waals surface area contributed by atoms with Gasteiger partial charge in [0.2, 0.25) is 0 Å². The number of benzene rings is 2. The van der Waals surface area contributed by atoms with Gasteiger partial charge in [-0.05, 0) is 63.9 Å². The van der Waals surface area contributed by atoms with E-state index in [1.807, 2.05) is 63.5 Å². The van der Waals surface area contributed by atoms with E-state index in [2.05, 4.69) is 16.0 Å². The van der Waals surface area contributed by atoms with Crippen LogP contribution in [-0.4, -0.2) is 38.2 Å². The van der Waals surface area contributed by atoms with Crippen molar-refractivity contribution in [2.45, 2.75) is 66.0 Å². The molecule has 2 aromatic heterocycles. The smallest absolute Gasteiger partial charge is 0.327 e. The maximum atomic E-state index is 12.2. The van der Waals surface area contributed by atoms with E-state index in [9.17, 15) is 10.1 Å². The molecule has 4 aromatic rings. The lowest BCUT2D eigenvalue weighted by molar-refractivity contribution is -0.154. The zero-order valence-corrected chi connectivity index (χ0v) is 23.6. The highest BCUT2D eigenvalue weighted by atomic mass is 16.6. The molecule has 0 saturated carbocycles. The quantitative estimate of drug-likeness (QED) is 0.217. The summed E-state index contributed by atoms with van der Waals surface area (Å²) in [6.45, 7) is 10.2. The van der Waals surface area contributed by atoms with Crippen molar-refractivity contribution in [2.75, 3.05) is 7.11 Å². The Balaban J connectivity index is 1.69. The summed E-state index contributed by atoms with van der Waals surface area (Å²) in [6, 6.07) is 14.4. The van der Waals surface area contributed by atoms with Crippen LogP contribution in [-0.2, 0) is 28.9 Å². The normalized spacial score (nSPS) is 11.2. The molecule has 0 fully saturated rings. The van der Waals surface area contributed by atoms with E-state index in [0.717, 1.165) is 11.4 Å². The van der Waals surface area contributed by atoms with Crippen molar-refractivity contribution in [3.8, 4) is 35.2 Å². The molecule has 10 heteroatoms. The Morgan fingerprint density at radius 1 is 1.02 bits per heavy atom. The highest BCUT2D eigenvalue weighted by Gasteiger charge is 2.21. The molecule has 0 unspecified atom stereocenters. The zero-order valence-electron chi connectivity index (χ0n) is 23.6. The fourth-order valence-electron chi connectivity index (χ4n) is 4.16. The Hall–Kier alpha value is -4.65. The molecule has 208 valence electrons. The molecule has 0 atom stereocenters. The van der Waals surface area contributed by atoms with Crippen LogP contribution in [0.15, 0.2) is 42.5 Å². The maximum Gasteiger partial charge on any atom is 0.327 e. The van der Waals surface area contributed by atoms with Crippen molar-refractivity contribution in [1.82, 2.24) is 19.5 Å². The number of carbonyl (C=O) groups is 1. The first kappa shape index (κ1) is 28.4. The highest BCUT2D eigenvalue weighted by molar-refractivity contribution is 5.78. The second-order valence-electron chi connectivity index (χ2n) is 10.0. The third-order valence-corrected chi connectivity index (χ3v) is 5.90. The predicted octanol–water partition coefficient (Wildman–Crippen LogP) is 6.15. The van der Waals surface area contributed by atoms with Gasteiger partial charge in [0.05, 0.1) is 18.7 Å². The number of methoxy groups -OCH3 is 1. The number of rotatable bonds is 10. The molecule has 0 aliphatic heterocycles. The summed E-state index contributed by atoms with van der Waals surface area (Å²) < 4.78 is 25.1. The summed E-state index contributed by atoms with van der Waals surface area (Å²) in [6.07, 6.45) is 1.44. The van der Waals surface area contributed by atoms with Crippen LogP contribution in [0.4, 0.5) is 0 Å². The average Bonchev–Trinajstić information content (AvgIpc) is 3.29. The first-order valence-electron chi connectivity index (χ1n) is 13.2. The van der Waals surface area contributed by atoms with Gasteiger partial charge in [0.25, 0.3) is 5.88 Å². The number of hydrogen-bond donors (Lipinski definition) is 0. The van der Waals surface area contributed by atoms with E-state index in [-0.39, 0.29) is 24.3 Å². The molecular weight excluding hydrogens is 510 g/mol. The van der Waals surface area contributed by atoms with E-state index in [1.54, 1.807) is 18.2 Å². The molecule has 0 bridgehead atoms. The van der Waals surface area contributed by atoms with Crippen LogP contribution >= 0.6 is 0 Å². The van der Waals surface area contributed by atoms with Crippen molar-refractivity contribution in [1.29, 1.82) is 5.26 Å². The van der Waals surface area contributed by atoms with E-state index < -0.39 is 5.60 Å². The summed E-state index contributed by atoms with van der Waals surface area (Å²) in [5.74, 6) is 2.06. The van der Waals surface area contributed by atoms with Gasteiger partial charge in [0.1, 0.15) is 17.2 Å². The lowest BCUT2D eigenvalue weighted by Crippen LogP contribution is -2.24. The molecule has 2 aromatic carbocycles. The molecule has 0 radical (unpaired) electrons. The summed E-state index contributed by atoms with van der Waals surface area (Å²) in [7, 11) is 1.52. The second kappa shape index (κ2) is 12.0. The van der Waals surface area contributed by atoms with Gasteiger partial charge >= 0.3 is 12.0 Å². The summed E-state index contributed by atoms with van der Waals surface area (Å²) >= 11 is 0. The largest absolute Gasteiger partial charge is 0.493 e. The lowest BCUT2D eigenvalue weighted by atomic mass is 10.1. The Labute approximate surface area is 233 Å². The van der Waals surface area contributed by atoms with E-state index in [1.165, 1.54) is 7.11 Å². The SMILES string of the molecule is CCc1nc2c(Oc3cccc(CCC(=O)OC(C)(C)C)c3)nc(Oc3cc(C#N)ccc3OC)nc2n1CC. The van der Waals surface area contributed by atoms with Gasteiger partial charge in [0.15, 0.2) is 22.7 Å². The van der Waals surface area contributed by atoms with Crippen LogP contribution in [0.25, 0.3) is 11.2 Å². The van der Waals surface area contributed by atoms with Gasteiger partial charge in [-0.2, -0.15) is 15.2 Å². The van der Waals surface area contributed by atoms with Crippen molar-refractivity contribution in [3.63, 3.8) is 0 Å². The van der Waals surface area contributed by atoms with Gasteiger partial charge in [-0.3, -0.25) is 4.79 Å². The molecule has 40 heavy (non-hydrogen) atoms. The summed E-state index contributed by atoms with van der Waals surface area (Å²) in [4.78, 5) is 26.1. The molecule has 0 spiro atoms. The Morgan fingerprint density at radius 3 is 2.50 bits per heavy atom. The first-order chi connectivity index (χ1) is 19.1. The fraction of sp³-hybridized carbons (Fsp3) is 0.367. The third-order valence-electron chi connectivity index (χ3n) is 5.90. The molecule has 10 nitrogen and oxygen atoms in total. The molecule has 0 aliphatic carbocycles. The standard InChI is InChI=1S/C30H33N5O5/c1-7-24-32-26-27(35(24)8-2)33-29(39-23-17-20(18-31)12-14-22(23)37-6)34-28(26)38-21-11-9-10-19(16-21)13-15-25(36)40-30(3,4)5/h9-12,14,16-17H,7-8,13,15H2,1-6H3. The van der Waals surface area contributed by atoms with Crippen LogP contribution in [0.1, 0.15) is 58.0 Å². The molecule has 0 saturated heterocycles. The van der Waals surface area contributed by atoms with Crippen LogP contribution in [0.2, 0.25) is 0 Å². The number of nitrogens with zero attached hydrogens (tertiary/aromatic N) is 5. The molecule has 0 N–H and O–H groups in total. The maximum absolute atomic E-state index is 12.2. The molecule has 4 rings (SSSR count). The summed E-state index contributed by atoms with van der Waals surface area (Å²) in [5.41, 5.74) is 1.86. The number of ether oxygens (including phenoxy) is 4. The fourth-order valence-corrected chi connectivity index (χ4v) is 4.16. The molecule has 2 heterocycles. The summed E-state index contributed by atoms with van der Waals surface area (Å²) in [5, 5.41) is 9.35. The van der Waals surface area contributed by atoms with Gasteiger partial charge < -0.3 is 23.5 Å². The Morgan fingerprint density at radius 2 is 1.82 bits per heavy atom. The minimum absolute atomic E-state index is 0.0224. The van der Waals surface area contributed by atoms with Gasteiger partial charge in [-0.15, -0.1) is 0 Å². The topological polar surface area (TPSA) is 121 Å². The molecular formula is C30H33N5O5. The van der Waals surface area contributed by atoms with Gasteiger partial charge in [-0.25, -0.2) is 4.98 Å². The monoisotopic (exact) mass is 543 g/mol. The third kappa shape index (κ3) is 6.67. The number of carbonyl (C=O) groups excluding carboxylic acids is 1. The zero-order chi connectivity index (χ0) is 28.9. The van der Waals surface area contributed by atoms with Crippen LogP contribution < -0.4 is 14.2 Å². The van der Waals surface area contributed by atoms with E-state index >= 15 is 0 Å². The highest BCUT2D eigenvalue weighted by Crippen LogP contribution is 2.35. The van der Waals surface area contributed by atoms with Crippen LogP contribution in [0.5, 0.6) is 29.1 Å². The average molecular weight is 544 g/mol. The first-order valence-corrected chi connectivity index (χ1v) is 13.2. The van der Waals surface area contributed by atoms with Crippen LogP contribution in [0.3, 0.4) is 0 Å². The number of aromatic nitrogens is 4. The number of hydrogen-bond acceptors (Lipinski definition) is 9. The Bertz CT molecular complexity index is 1570. The molecule has 0 amide bonds. The lowest BCUT2D eigenvalue weighted by Gasteiger charge is -2.19. The van der Waals surface area contributed by atoms with E-state index in [0.29, 0.717) is 53.4 Å².